The third-order valence-electron chi connectivity index (χ3n) is 2.44. The summed E-state index contributed by atoms with van der Waals surface area (Å²) in [6, 6.07) is 4.70. The molecule has 1 aromatic carbocycles. The summed E-state index contributed by atoms with van der Waals surface area (Å²) in [6.07, 6.45) is 2.91. The average molecular weight is 280 g/mol. The van der Waals surface area contributed by atoms with Crippen molar-refractivity contribution in [2.75, 3.05) is 0 Å². The molecular weight excluding hydrogens is 270 g/mol. The summed E-state index contributed by atoms with van der Waals surface area (Å²) in [5, 5.41) is 11.1. The van der Waals surface area contributed by atoms with Crippen LogP contribution in [0, 0.1) is 17.0 Å². The highest BCUT2D eigenvalue weighted by Gasteiger charge is 2.11. The van der Waals surface area contributed by atoms with E-state index in [0.717, 1.165) is 0 Å². The van der Waals surface area contributed by atoms with E-state index in [1.54, 1.807) is 19.1 Å². The molecule has 0 saturated carbocycles. The van der Waals surface area contributed by atoms with E-state index in [1.165, 1.54) is 18.5 Å². The number of hydrogen-bond acceptors (Lipinski definition) is 5. The maximum Gasteiger partial charge on any atom is 0.276 e. The molecule has 0 aliphatic heterocycles. The van der Waals surface area contributed by atoms with Crippen LogP contribution in [0.5, 0.6) is 5.75 Å². The van der Waals surface area contributed by atoms with Gasteiger partial charge < -0.3 is 4.74 Å². The van der Waals surface area contributed by atoms with Crippen molar-refractivity contribution in [1.82, 2.24) is 9.97 Å². The van der Waals surface area contributed by atoms with Gasteiger partial charge >= 0.3 is 0 Å². The largest absolute Gasteiger partial charge is 0.487 e. The molecule has 0 spiro atoms. The van der Waals surface area contributed by atoms with Gasteiger partial charge in [-0.3, -0.25) is 15.1 Å². The summed E-state index contributed by atoms with van der Waals surface area (Å²) < 4.78 is 5.43. The first-order chi connectivity index (χ1) is 9.06. The minimum Gasteiger partial charge on any atom is -0.487 e. The van der Waals surface area contributed by atoms with Gasteiger partial charge in [-0.15, -0.1) is 0 Å². The molecule has 1 aromatic heterocycles. The van der Waals surface area contributed by atoms with E-state index in [2.05, 4.69) is 9.97 Å². The number of halogens is 1. The predicted molar refractivity (Wildman–Crippen MR) is 69.2 cm³/mol. The minimum absolute atomic E-state index is 0.0275. The van der Waals surface area contributed by atoms with Crippen molar-refractivity contribution in [2.24, 2.45) is 0 Å². The molecule has 0 amide bonds. The van der Waals surface area contributed by atoms with Gasteiger partial charge in [-0.25, -0.2) is 4.98 Å². The number of rotatable bonds is 4. The molecule has 2 aromatic rings. The molecule has 0 fully saturated rings. The van der Waals surface area contributed by atoms with Crippen LogP contribution in [-0.2, 0) is 6.61 Å². The fraction of sp³-hybridized carbons (Fsp3) is 0.167. The smallest absolute Gasteiger partial charge is 0.276 e. The SMILES string of the molecule is Cc1ccc(OCc2cnc(Cl)cn2)cc1[N+](=O)[O-]. The molecule has 7 heteroatoms. The monoisotopic (exact) mass is 279 g/mol. The predicted octanol–water partition coefficient (Wildman–Crippen LogP) is 2.93. The topological polar surface area (TPSA) is 78.2 Å². The van der Waals surface area contributed by atoms with Crippen LogP contribution in [0.1, 0.15) is 11.3 Å². The zero-order chi connectivity index (χ0) is 13.8. The van der Waals surface area contributed by atoms with Crippen LogP contribution in [0.25, 0.3) is 0 Å². The van der Waals surface area contributed by atoms with Gasteiger partial charge in [0.1, 0.15) is 17.5 Å². The highest BCUT2D eigenvalue weighted by atomic mass is 35.5. The molecule has 0 aliphatic carbocycles. The van der Waals surface area contributed by atoms with Crippen molar-refractivity contribution in [1.29, 1.82) is 0 Å². The van der Waals surface area contributed by atoms with Crippen molar-refractivity contribution in [2.45, 2.75) is 13.5 Å². The lowest BCUT2D eigenvalue weighted by molar-refractivity contribution is -0.385. The third kappa shape index (κ3) is 3.38. The van der Waals surface area contributed by atoms with Gasteiger partial charge in [-0.2, -0.15) is 0 Å². The van der Waals surface area contributed by atoms with Crippen molar-refractivity contribution in [3.8, 4) is 5.75 Å². The first kappa shape index (κ1) is 13.2. The normalized spacial score (nSPS) is 10.2. The highest BCUT2D eigenvalue weighted by molar-refractivity contribution is 6.29. The van der Waals surface area contributed by atoms with Gasteiger partial charge in [-0.1, -0.05) is 11.6 Å². The number of aromatic nitrogens is 2. The summed E-state index contributed by atoms with van der Waals surface area (Å²) in [4.78, 5) is 18.2. The summed E-state index contributed by atoms with van der Waals surface area (Å²) in [7, 11) is 0. The van der Waals surface area contributed by atoms with Crippen molar-refractivity contribution in [3.63, 3.8) is 0 Å². The molecule has 0 radical (unpaired) electrons. The number of nitrogens with zero attached hydrogens (tertiary/aromatic N) is 3. The lowest BCUT2D eigenvalue weighted by Crippen LogP contribution is -2.00. The van der Waals surface area contributed by atoms with Gasteiger partial charge in [-0.05, 0) is 19.1 Å². The quantitative estimate of drug-likeness (QED) is 0.635. The number of hydrogen-bond donors (Lipinski definition) is 0. The summed E-state index contributed by atoms with van der Waals surface area (Å²) >= 11 is 5.61. The van der Waals surface area contributed by atoms with Crippen LogP contribution in [0.3, 0.4) is 0 Å². The van der Waals surface area contributed by atoms with Crippen molar-refractivity contribution in [3.05, 3.63) is 57.1 Å². The number of ether oxygens (including phenoxy) is 1. The minimum atomic E-state index is -0.440. The second-order valence-electron chi connectivity index (χ2n) is 3.82. The fourth-order valence-electron chi connectivity index (χ4n) is 1.45. The van der Waals surface area contributed by atoms with Crippen LogP contribution < -0.4 is 4.74 Å². The van der Waals surface area contributed by atoms with Crippen LogP contribution >= 0.6 is 11.6 Å². The zero-order valence-electron chi connectivity index (χ0n) is 10.0. The zero-order valence-corrected chi connectivity index (χ0v) is 10.8. The first-order valence-corrected chi connectivity index (χ1v) is 5.78. The van der Waals surface area contributed by atoms with Crippen LogP contribution in [0.2, 0.25) is 5.15 Å². The Balaban J connectivity index is 2.09. The summed E-state index contributed by atoms with van der Waals surface area (Å²) in [6.45, 7) is 1.84. The Labute approximate surface area is 114 Å². The van der Waals surface area contributed by atoms with Crippen LogP contribution in [-0.4, -0.2) is 14.9 Å². The van der Waals surface area contributed by atoms with Gasteiger partial charge in [0.2, 0.25) is 0 Å². The number of nitro benzene ring substituents is 1. The molecule has 6 nitrogen and oxygen atoms in total. The molecule has 0 N–H and O–H groups in total. The molecule has 0 aliphatic rings. The Morgan fingerprint density at radius 1 is 1.37 bits per heavy atom. The first-order valence-electron chi connectivity index (χ1n) is 5.40. The maximum absolute atomic E-state index is 10.8. The van der Waals surface area contributed by atoms with Crippen LogP contribution in [0.4, 0.5) is 5.69 Å². The van der Waals surface area contributed by atoms with Gasteiger partial charge in [0.05, 0.1) is 29.1 Å². The van der Waals surface area contributed by atoms with E-state index in [4.69, 9.17) is 16.3 Å². The lowest BCUT2D eigenvalue weighted by Gasteiger charge is -2.06. The Morgan fingerprint density at radius 3 is 2.79 bits per heavy atom. The summed E-state index contributed by atoms with van der Waals surface area (Å²) in [5.41, 5.74) is 1.20. The van der Waals surface area contributed by atoms with Gasteiger partial charge in [0.15, 0.2) is 0 Å². The average Bonchev–Trinajstić information content (AvgIpc) is 2.39. The lowest BCUT2D eigenvalue weighted by atomic mass is 10.2. The maximum atomic E-state index is 10.8. The van der Waals surface area contributed by atoms with E-state index in [1.807, 2.05) is 0 Å². The second kappa shape index (κ2) is 5.62. The Bertz CT molecular complexity index is 602. The molecule has 0 saturated heterocycles. The number of nitro groups is 1. The highest BCUT2D eigenvalue weighted by Crippen LogP contribution is 2.24. The molecular formula is C12H10ClN3O3. The summed E-state index contributed by atoms with van der Waals surface area (Å²) in [5.74, 6) is 0.411. The number of benzene rings is 1. The molecule has 0 unspecified atom stereocenters. The number of aryl methyl sites for hydroxylation is 1. The van der Waals surface area contributed by atoms with Gasteiger partial charge in [0, 0.05) is 5.56 Å². The van der Waals surface area contributed by atoms with Crippen LogP contribution in [0.15, 0.2) is 30.6 Å². The standard InChI is InChI=1S/C12H10ClN3O3/c1-8-2-3-10(4-11(8)16(17)18)19-7-9-5-15-12(13)6-14-9/h2-6H,7H2,1H3. The molecule has 2 rings (SSSR count). The van der Waals surface area contributed by atoms with E-state index in [0.29, 0.717) is 22.2 Å². The molecule has 0 atom stereocenters. The fourth-order valence-corrected chi connectivity index (χ4v) is 1.54. The second-order valence-corrected chi connectivity index (χ2v) is 4.21. The molecule has 19 heavy (non-hydrogen) atoms. The van der Waals surface area contributed by atoms with Crippen molar-refractivity contribution >= 4 is 17.3 Å². The van der Waals surface area contributed by atoms with Crippen molar-refractivity contribution < 1.29 is 9.66 Å². The third-order valence-corrected chi connectivity index (χ3v) is 2.63. The molecule has 1 heterocycles. The Hall–Kier alpha value is -2.21. The molecule has 0 bridgehead atoms. The van der Waals surface area contributed by atoms with E-state index in [9.17, 15) is 10.1 Å². The Morgan fingerprint density at radius 2 is 2.16 bits per heavy atom. The Kier molecular flexibility index (Phi) is 3.91. The van der Waals surface area contributed by atoms with E-state index >= 15 is 0 Å². The molecule has 98 valence electrons. The van der Waals surface area contributed by atoms with E-state index in [-0.39, 0.29) is 12.3 Å². The van der Waals surface area contributed by atoms with E-state index < -0.39 is 4.92 Å². The van der Waals surface area contributed by atoms with Gasteiger partial charge in [0.25, 0.3) is 5.69 Å².